The van der Waals surface area contributed by atoms with Crippen LogP contribution in [0.15, 0.2) is 18.3 Å². The van der Waals surface area contributed by atoms with Crippen LogP contribution in [0.1, 0.15) is 76.7 Å². The molecule has 2 N–H and O–H groups in total. The number of amides is 2. The Labute approximate surface area is 174 Å². The van der Waals surface area contributed by atoms with Gasteiger partial charge in [0.2, 0.25) is 11.8 Å². The Balaban J connectivity index is 1.61. The largest absolute Gasteiger partial charge is 0.381 e. The number of anilines is 1. The van der Waals surface area contributed by atoms with Crippen molar-refractivity contribution >= 4 is 17.6 Å². The molecule has 2 aliphatic carbocycles. The summed E-state index contributed by atoms with van der Waals surface area (Å²) in [6, 6.07) is 3.86. The first-order valence-corrected chi connectivity index (χ1v) is 11.1. The molecule has 160 valence electrons. The molecule has 3 rings (SSSR count). The summed E-state index contributed by atoms with van der Waals surface area (Å²) in [6.07, 6.45) is 13.5. The number of carbonyl (C=O) groups is 2. The van der Waals surface area contributed by atoms with Gasteiger partial charge in [0, 0.05) is 31.7 Å². The Morgan fingerprint density at radius 2 is 1.97 bits per heavy atom. The molecule has 6 heteroatoms. The van der Waals surface area contributed by atoms with Crippen LogP contribution in [0.3, 0.4) is 0 Å². The Bertz CT molecular complexity index is 683. The normalized spacial score (nSPS) is 23.9. The molecule has 6 nitrogen and oxygen atoms in total. The van der Waals surface area contributed by atoms with E-state index in [4.69, 9.17) is 4.74 Å². The van der Waals surface area contributed by atoms with E-state index in [0.717, 1.165) is 56.9 Å². The summed E-state index contributed by atoms with van der Waals surface area (Å²) >= 11 is 0. The van der Waals surface area contributed by atoms with Gasteiger partial charge in [0.25, 0.3) is 0 Å². The molecule has 0 saturated heterocycles. The van der Waals surface area contributed by atoms with Crippen LogP contribution in [0.2, 0.25) is 0 Å². The lowest BCUT2D eigenvalue weighted by Gasteiger charge is -2.40. The van der Waals surface area contributed by atoms with Gasteiger partial charge in [-0.1, -0.05) is 31.7 Å². The minimum Gasteiger partial charge on any atom is -0.381 e. The van der Waals surface area contributed by atoms with Crippen molar-refractivity contribution in [3.05, 3.63) is 23.9 Å². The van der Waals surface area contributed by atoms with Crippen LogP contribution in [-0.4, -0.2) is 35.6 Å². The van der Waals surface area contributed by atoms with Gasteiger partial charge >= 0.3 is 0 Å². The van der Waals surface area contributed by atoms with Gasteiger partial charge in [0.15, 0.2) is 0 Å². The second-order valence-corrected chi connectivity index (χ2v) is 8.78. The first kappa shape index (κ1) is 21.8. The standard InChI is InChI=1S/C23H35N3O3/c1-17(27)25-21-10-9-18(16-24-21)11-14-23(12-4-3-5-13-23)26-22(28)19-7-6-8-20(15-19)29-2/h9-10,16,19-20H,3-8,11-15H2,1-2H3,(H,26,28)(H,24,25,27)/t19-,20-/m0/s1. The van der Waals surface area contributed by atoms with Crippen molar-refractivity contribution in [3.63, 3.8) is 0 Å². The van der Waals surface area contributed by atoms with Crippen molar-refractivity contribution in [3.8, 4) is 0 Å². The molecule has 1 aromatic heterocycles. The van der Waals surface area contributed by atoms with Gasteiger partial charge in [-0.25, -0.2) is 4.98 Å². The Hall–Kier alpha value is -1.95. The summed E-state index contributed by atoms with van der Waals surface area (Å²) in [6.45, 7) is 1.48. The van der Waals surface area contributed by atoms with Crippen LogP contribution in [-0.2, 0) is 20.7 Å². The molecule has 0 aromatic carbocycles. The molecule has 2 aliphatic rings. The number of methoxy groups -OCH3 is 1. The summed E-state index contributed by atoms with van der Waals surface area (Å²) in [7, 11) is 1.75. The molecule has 0 radical (unpaired) electrons. The zero-order valence-corrected chi connectivity index (χ0v) is 17.8. The highest BCUT2D eigenvalue weighted by atomic mass is 16.5. The zero-order valence-electron chi connectivity index (χ0n) is 17.8. The van der Waals surface area contributed by atoms with Crippen LogP contribution >= 0.6 is 0 Å². The lowest BCUT2D eigenvalue weighted by Crippen LogP contribution is -2.52. The van der Waals surface area contributed by atoms with E-state index in [2.05, 4.69) is 15.6 Å². The van der Waals surface area contributed by atoms with Crippen molar-refractivity contribution in [1.29, 1.82) is 0 Å². The maximum Gasteiger partial charge on any atom is 0.223 e. The molecular weight excluding hydrogens is 366 g/mol. The average molecular weight is 402 g/mol. The van der Waals surface area contributed by atoms with Crippen molar-refractivity contribution in [2.24, 2.45) is 5.92 Å². The number of ether oxygens (including phenoxy) is 1. The van der Waals surface area contributed by atoms with Crippen molar-refractivity contribution < 1.29 is 14.3 Å². The second kappa shape index (κ2) is 10.2. The van der Waals surface area contributed by atoms with E-state index in [9.17, 15) is 9.59 Å². The van der Waals surface area contributed by atoms with Crippen LogP contribution in [0.25, 0.3) is 0 Å². The molecule has 29 heavy (non-hydrogen) atoms. The number of hydrogen-bond donors (Lipinski definition) is 2. The summed E-state index contributed by atoms with van der Waals surface area (Å²) in [5.74, 6) is 0.748. The van der Waals surface area contributed by atoms with Crippen LogP contribution in [0.5, 0.6) is 0 Å². The predicted molar refractivity (Wildman–Crippen MR) is 114 cm³/mol. The molecule has 2 fully saturated rings. The number of carbonyl (C=O) groups excluding carboxylic acids is 2. The van der Waals surface area contributed by atoms with Gasteiger partial charge in [-0.15, -0.1) is 0 Å². The monoisotopic (exact) mass is 401 g/mol. The van der Waals surface area contributed by atoms with Crippen molar-refractivity contribution in [2.75, 3.05) is 12.4 Å². The summed E-state index contributed by atoms with van der Waals surface area (Å²) in [5, 5.41) is 6.18. The van der Waals surface area contributed by atoms with Crippen LogP contribution < -0.4 is 10.6 Å². The number of aromatic nitrogens is 1. The molecule has 0 spiro atoms. The van der Waals surface area contributed by atoms with E-state index < -0.39 is 0 Å². The summed E-state index contributed by atoms with van der Waals surface area (Å²) < 4.78 is 5.51. The highest BCUT2D eigenvalue weighted by Crippen LogP contribution is 2.34. The van der Waals surface area contributed by atoms with Gasteiger partial charge < -0.3 is 15.4 Å². The number of pyridine rings is 1. The number of rotatable bonds is 7. The molecule has 2 atom stereocenters. The number of nitrogens with one attached hydrogen (secondary N) is 2. The lowest BCUT2D eigenvalue weighted by molar-refractivity contribution is -0.130. The fraction of sp³-hybridized carbons (Fsp3) is 0.696. The number of aryl methyl sites for hydroxylation is 1. The van der Waals surface area contributed by atoms with E-state index in [1.807, 2.05) is 18.3 Å². The number of hydrogen-bond acceptors (Lipinski definition) is 4. The Morgan fingerprint density at radius 3 is 2.62 bits per heavy atom. The molecule has 0 bridgehead atoms. The first-order chi connectivity index (χ1) is 14.0. The molecule has 0 unspecified atom stereocenters. The predicted octanol–water partition coefficient (Wildman–Crippen LogP) is 4.00. The smallest absolute Gasteiger partial charge is 0.223 e. The van der Waals surface area contributed by atoms with Crippen LogP contribution in [0.4, 0.5) is 5.82 Å². The van der Waals surface area contributed by atoms with Gasteiger partial charge in [-0.2, -0.15) is 0 Å². The van der Waals surface area contributed by atoms with Gasteiger partial charge in [-0.3, -0.25) is 9.59 Å². The average Bonchev–Trinajstić information content (AvgIpc) is 2.73. The minimum atomic E-state index is -0.118. The van der Waals surface area contributed by atoms with E-state index >= 15 is 0 Å². The Kier molecular flexibility index (Phi) is 7.64. The van der Waals surface area contributed by atoms with E-state index in [0.29, 0.717) is 5.82 Å². The minimum absolute atomic E-state index is 0.0751. The fourth-order valence-corrected chi connectivity index (χ4v) is 4.84. The van der Waals surface area contributed by atoms with E-state index in [1.54, 1.807) is 7.11 Å². The van der Waals surface area contributed by atoms with E-state index in [-0.39, 0.29) is 29.4 Å². The summed E-state index contributed by atoms with van der Waals surface area (Å²) in [5.41, 5.74) is 1.03. The molecule has 1 heterocycles. The van der Waals surface area contributed by atoms with Crippen molar-refractivity contribution in [1.82, 2.24) is 10.3 Å². The highest BCUT2D eigenvalue weighted by Gasteiger charge is 2.36. The molecule has 0 aliphatic heterocycles. The highest BCUT2D eigenvalue weighted by molar-refractivity contribution is 5.87. The van der Waals surface area contributed by atoms with E-state index in [1.165, 1.54) is 26.2 Å². The zero-order chi connectivity index (χ0) is 20.7. The van der Waals surface area contributed by atoms with Gasteiger partial charge in [0.1, 0.15) is 5.82 Å². The second-order valence-electron chi connectivity index (χ2n) is 8.78. The van der Waals surface area contributed by atoms with Gasteiger partial charge in [0.05, 0.1) is 6.10 Å². The maximum atomic E-state index is 13.1. The third-order valence-electron chi connectivity index (χ3n) is 6.55. The molecule has 1 aromatic rings. The SMILES string of the molecule is CO[C@H]1CCC[C@H](C(=O)NC2(CCc3ccc(NC(C)=O)nc3)CCCCC2)C1. The quantitative estimate of drug-likeness (QED) is 0.724. The molecule has 2 saturated carbocycles. The third kappa shape index (κ3) is 6.26. The maximum absolute atomic E-state index is 13.1. The Morgan fingerprint density at radius 1 is 1.17 bits per heavy atom. The topological polar surface area (TPSA) is 80.3 Å². The lowest BCUT2D eigenvalue weighted by atomic mass is 9.77. The number of nitrogens with zero attached hydrogens (tertiary/aromatic N) is 1. The third-order valence-corrected chi connectivity index (χ3v) is 6.55. The van der Waals surface area contributed by atoms with Crippen LogP contribution in [0, 0.1) is 5.92 Å². The molecular formula is C23H35N3O3. The molecule has 2 amide bonds. The van der Waals surface area contributed by atoms with Crippen molar-refractivity contribution in [2.45, 2.75) is 89.2 Å². The fourth-order valence-electron chi connectivity index (χ4n) is 4.84. The first-order valence-electron chi connectivity index (χ1n) is 11.1. The summed E-state index contributed by atoms with van der Waals surface area (Å²) in [4.78, 5) is 28.5. The van der Waals surface area contributed by atoms with Gasteiger partial charge in [-0.05, 0) is 56.6 Å².